The summed E-state index contributed by atoms with van der Waals surface area (Å²) in [5, 5.41) is 6.11. The van der Waals surface area contributed by atoms with E-state index in [1.165, 1.54) is 12.4 Å². The number of likely N-dealkylation sites (N-methyl/N-ethyl adjacent to an activating group) is 1. The summed E-state index contributed by atoms with van der Waals surface area (Å²) in [6.07, 6.45) is 8.21. The van der Waals surface area contributed by atoms with E-state index in [4.69, 9.17) is 4.74 Å². The second-order valence-electron chi connectivity index (χ2n) is 13.6. The molecule has 4 amide bonds. The fraction of sp³-hybridized carbons (Fsp3) is 0.500. The van der Waals surface area contributed by atoms with Crippen LogP contribution in [-0.4, -0.2) is 126 Å². The van der Waals surface area contributed by atoms with E-state index in [9.17, 15) is 19.2 Å². The number of nitrogens with one attached hydrogen (secondary N) is 2. The van der Waals surface area contributed by atoms with Gasteiger partial charge in [-0.05, 0) is 43.7 Å². The van der Waals surface area contributed by atoms with Crippen molar-refractivity contribution >= 4 is 35.5 Å². The highest BCUT2D eigenvalue weighted by atomic mass is 16.6. The van der Waals surface area contributed by atoms with Gasteiger partial charge in [0.2, 0.25) is 17.8 Å². The molecule has 2 heterocycles. The van der Waals surface area contributed by atoms with Gasteiger partial charge in [0.25, 0.3) is 5.91 Å². The highest BCUT2D eigenvalue weighted by molar-refractivity contribution is 5.93. The number of para-hydroxylation sites is 1. The summed E-state index contributed by atoms with van der Waals surface area (Å²) in [7, 11) is 5.36. The molecule has 1 aliphatic heterocycles. The Labute approximate surface area is 314 Å². The predicted molar refractivity (Wildman–Crippen MR) is 208 cm³/mol. The fourth-order valence-corrected chi connectivity index (χ4v) is 6.18. The van der Waals surface area contributed by atoms with Gasteiger partial charge in [-0.3, -0.25) is 19.7 Å². The smallest absolute Gasteiger partial charge is 0.411 e. The predicted octanol–water partition coefficient (Wildman–Crippen LogP) is 5.62. The topological polar surface area (TPSA) is 140 Å². The molecule has 2 aromatic carbocycles. The molecule has 1 fully saturated rings. The van der Waals surface area contributed by atoms with Crippen LogP contribution in [0.1, 0.15) is 68.6 Å². The lowest BCUT2D eigenvalue weighted by atomic mass is 10.0. The zero-order valence-electron chi connectivity index (χ0n) is 31.8. The number of hydrogen-bond acceptors (Lipinski definition) is 9. The molecule has 1 aliphatic rings. The highest BCUT2D eigenvalue weighted by Crippen LogP contribution is 2.28. The van der Waals surface area contributed by atoms with E-state index < -0.39 is 6.09 Å². The summed E-state index contributed by atoms with van der Waals surface area (Å²) < 4.78 is 5.77. The standard InChI is InChI=1S/C40H56N8O5/c1-5-36(49)45(2)23-14-24-47(4)38(51)32-29-42-39(43-30-32)41-22-13-7-10-19-37(50)46(3)27-28-48-25-20-33(21-26-48)53-40(52)44-35-18-12-11-17-34(35)31-15-8-6-9-16-31/h6,8-9,11-12,15-18,29-30,33H,5,7,10,13-14,19-28H2,1-4H3,(H,44,52)(H,41,42,43). The molecule has 53 heavy (non-hydrogen) atoms. The molecule has 0 atom stereocenters. The van der Waals surface area contributed by atoms with Crippen molar-refractivity contribution in [2.75, 3.05) is 77.6 Å². The molecule has 0 spiro atoms. The van der Waals surface area contributed by atoms with Gasteiger partial charge in [0.15, 0.2) is 0 Å². The number of piperidine rings is 1. The molecular weight excluding hydrogens is 672 g/mol. The number of carbonyl (C=O) groups excluding carboxylic acids is 4. The van der Waals surface area contributed by atoms with Crippen molar-refractivity contribution in [2.45, 2.75) is 64.4 Å². The maximum absolute atomic E-state index is 12.7. The van der Waals surface area contributed by atoms with Gasteiger partial charge in [0, 0.05) is 97.8 Å². The Balaban J connectivity index is 1.03. The van der Waals surface area contributed by atoms with E-state index in [0.29, 0.717) is 57.0 Å². The van der Waals surface area contributed by atoms with Gasteiger partial charge in [-0.15, -0.1) is 0 Å². The minimum absolute atomic E-state index is 0.0887. The summed E-state index contributed by atoms with van der Waals surface area (Å²) in [4.78, 5) is 65.9. The van der Waals surface area contributed by atoms with E-state index in [1.807, 2.05) is 68.6 Å². The molecule has 1 aromatic heterocycles. The Morgan fingerprint density at radius 2 is 1.45 bits per heavy atom. The molecule has 13 nitrogen and oxygen atoms in total. The molecule has 4 rings (SSSR count). The lowest BCUT2D eigenvalue weighted by Gasteiger charge is -2.32. The SMILES string of the molecule is CCC(=O)N(C)CCCN(C)C(=O)c1cnc(NCCCCCC(=O)N(C)CCN2CCC(OC(=O)Nc3ccccc3-c3ccccc3)CC2)nc1. The molecular formula is C40H56N8O5. The van der Waals surface area contributed by atoms with Gasteiger partial charge in [-0.1, -0.05) is 61.9 Å². The third-order valence-electron chi connectivity index (χ3n) is 9.55. The zero-order chi connectivity index (χ0) is 38.0. The number of anilines is 2. The van der Waals surface area contributed by atoms with Gasteiger partial charge >= 0.3 is 6.09 Å². The van der Waals surface area contributed by atoms with Gasteiger partial charge in [0.05, 0.1) is 11.3 Å². The summed E-state index contributed by atoms with van der Waals surface area (Å²) in [5.74, 6) is 0.529. The second kappa shape index (κ2) is 21.5. The lowest BCUT2D eigenvalue weighted by Crippen LogP contribution is -2.42. The quantitative estimate of drug-likeness (QED) is 0.151. The molecule has 3 aromatic rings. The first-order chi connectivity index (χ1) is 25.6. The van der Waals surface area contributed by atoms with Crippen LogP contribution >= 0.6 is 0 Å². The van der Waals surface area contributed by atoms with Crippen molar-refractivity contribution in [1.29, 1.82) is 0 Å². The van der Waals surface area contributed by atoms with Crippen LogP contribution in [0.4, 0.5) is 16.4 Å². The van der Waals surface area contributed by atoms with Crippen LogP contribution in [0.15, 0.2) is 67.0 Å². The number of ether oxygens (including phenoxy) is 1. The number of carbonyl (C=O) groups is 4. The largest absolute Gasteiger partial charge is 0.446 e. The molecule has 0 bridgehead atoms. The van der Waals surface area contributed by atoms with Gasteiger partial charge in [0.1, 0.15) is 6.10 Å². The summed E-state index contributed by atoms with van der Waals surface area (Å²) in [6, 6.07) is 17.7. The van der Waals surface area contributed by atoms with Gasteiger partial charge in [-0.2, -0.15) is 0 Å². The van der Waals surface area contributed by atoms with Crippen molar-refractivity contribution in [1.82, 2.24) is 29.6 Å². The number of benzene rings is 2. The number of hydrogen-bond donors (Lipinski definition) is 2. The number of likely N-dealkylation sites (tertiary alicyclic amines) is 1. The Morgan fingerprint density at radius 3 is 2.17 bits per heavy atom. The molecule has 0 saturated carbocycles. The molecule has 13 heteroatoms. The molecule has 0 unspecified atom stereocenters. The Hall–Kier alpha value is -5.04. The van der Waals surface area contributed by atoms with E-state index in [2.05, 4.69) is 25.5 Å². The Morgan fingerprint density at radius 1 is 0.792 bits per heavy atom. The van der Waals surface area contributed by atoms with Crippen molar-refractivity contribution in [3.63, 3.8) is 0 Å². The summed E-state index contributed by atoms with van der Waals surface area (Å²) in [6.45, 7) is 6.71. The number of nitrogens with zero attached hydrogens (tertiary/aromatic N) is 6. The lowest BCUT2D eigenvalue weighted by molar-refractivity contribution is -0.130. The van der Waals surface area contributed by atoms with Crippen molar-refractivity contribution in [3.8, 4) is 11.1 Å². The van der Waals surface area contributed by atoms with E-state index in [1.54, 1.807) is 28.8 Å². The minimum Gasteiger partial charge on any atom is -0.446 e. The van der Waals surface area contributed by atoms with Crippen molar-refractivity contribution < 1.29 is 23.9 Å². The van der Waals surface area contributed by atoms with Crippen LogP contribution in [0.25, 0.3) is 11.1 Å². The highest BCUT2D eigenvalue weighted by Gasteiger charge is 2.23. The van der Waals surface area contributed by atoms with E-state index >= 15 is 0 Å². The van der Waals surface area contributed by atoms with Crippen LogP contribution in [-0.2, 0) is 14.3 Å². The summed E-state index contributed by atoms with van der Waals surface area (Å²) in [5.41, 5.74) is 3.11. The minimum atomic E-state index is -0.439. The normalized spacial score (nSPS) is 13.2. The second-order valence-corrected chi connectivity index (χ2v) is 13.6. The van der Waals surface area contributed by atoms with E-state index in [-0.39, 0.29) is 23.8 Å². The zero-order valence-corrected chi connectivity index (χ0v) is 31.8. The molecule has 1 saturated heterocycles. The average Bonchev–Trinajstić information content (AvgIpc) is 3.18. The van der Waals surface area contributed by atoms with Crippen LogP contribution < -0.4 is 10.6 Å². The van der Waals surface area contributed by atoms with Gasteiger partial charge in [-0.25, -0.2) is 14.8 Å². The maximum Gasteiger partial charge on any atom is 0.411 e. The molecule has 0 radical (unpaired) electrons. The fourth-order valence-electron chi connectivity index (χ4n) is 6.18. The summed E-state index contributed by atoms with van der Waals surface area (Å²) >= 11 is 0. The maximum atomic E-state index is 12.7. The third-order valence-corrected chi connectivity index (χ3v) is 9.55. The monoisotopic (exact) mass is 728 g/mol. The average molecular weight is 729 g/mol. The first-order valence-corrected chi connectivity index (χ1v) is 18.8. The molecule has 286 valence electrons. The number of amides is 4. The Kier molecular flexibility index (Phi) is 16.5. The first kappa shape index (κ1) is 40.7. The third kappa shape index (κ3) is 13.5. The van der Waals surface area contributed by atoms with Crippen molar-refractivity contribution in [2.24, 2.45) is 0 Å². The number of rotatable bonds is 19. The van der Waals surface area contributed by atoms with Gasteiger partial charge < -0.3 is 29.7 Å². The first-order valence-electron chi connectivity index (χ1n) is 18.8. The molecule has 0 aliphatic carbocycles. The Bertz CT molecular complexity index is 1600. The van der Waals surface area contributed by atoms with Crippen LogP contribution in [0.3, 0.4) is 0 Å². The molecule has 2 N–H and O–H groups in total. The number of unbranched alkanes of at least 4 members (excludes halogenated alkanes) is 2. The van der Waals surface area contributed by atoms with Crippen LogP contribution in [0.5, 0.6) is 0 Å². The van der Waals surface area contributed by atoms with Crippen LogP contribution in [0, 0.1) is 0 Å². The van der Waals surface area contributed by atoms with Crippen LogP contribution in [0.2, 0.25) is 0 Å². The van der Waals surface area contributed by atoms with Crippen molar-refractivity contribution in [3.05, 3.63) is 72.6 Å². The van der Waals surface area contributed by atoms with E-state index in [0.717, 1.165) is 68.6 Å². The number of aromatic nitrogens is 2.